The first-order chi connectivity index (χ1) is 11.5. The predicted molar refractivity (Wildman–Crippen MR) is 86.2 cm³/mol. The summed E-state index contributed by atoms with van der Waals surface area (Å²) in [7, 11) is 0. The molecule has 2 aromatic rings. The van der Waals surface area contributed by atoms with Gasteiger partial charge in [-0.3, -0.25) is 0 Å². The van der Waals surface area contributed by atoms with E-state index in [1.807, 2.05) is 6.07 Å². The van der Waals surface area contributed by atoms with E-state index in [4.69, 9.17) is 14.7 Å². The number of likely N-dealkylation sites (tertiary alicyclic amines) is 1. The number of halogens is 1. The zero-order chi connectivity index (χ0) is 17.1. The number of carbonyl (C=O) groups is 1. The maximum absolute atomic E-state index is 12.0. The van der Waals surface area contributed by atoms with E-state index in [-0.39, 0.29) is 11.8 Å². The fraction of sp³-hybridized carbons (Fsp3) is 0.200. The second-order valence-electron chi connectivity index (χ2n) is 5.16. The highest BCUT2D eigenvalue weighted by molar-refractivity contribution is 9.10. The van der Waals surface area contributed by atoms with Gasteiger partial charge in [-0.2, -0.15) is 5.23 Å². The van der Waals surface area contributed by atoms with E-state index >= 15 is 0 Å². The van der Waals surface area contributed by atoms with Crippen molar-refractivity contribution in [2.75, 3.05) is 13.1 Å². The van der Waals surface area contributed by atoms with Gasteiger partial charge in [-0.1, -0.05) is 0 Å². The molecular formula is C15H14BrN3O5. The quantitative estimate of drug-likeness (QED) is 0.761. The van der Waals surface area contributed by atoms with Gasteiger partial charge in [0, 0.05) is 28.9 Å². The van der Waals surface area contributed by atoms with Gasteiger partial charge in [0.05, 0.1) is 13.1 Å². The van der Waals surface area contributed by atoms with E-state index in [0.717, 1.165) is 4.47 Å². The molecule has 1 aliphatic rings. The van der Waals surface area contributed by atoms with E-state index in [0.29, 0.717) is 24.7 Å². The van der Waals surface area contributed by atoms with E-state index < -0.39 is 11.3 Å². The number of aromatic nitrogens is 1. The van der Waals surface area contributed by atoms with Crippen molar-refractivity contribution in [3.05, 3.63) is 52.3 Å². The molecule has 0 spiro atoms. The fourth-order valence-corrected chi connectivity index (χ4v) is 2.33. The lowest BCUT2D eigenvalue weighted by atomic mass is 10.2. The average Bonchev–Trinajstić information content (AvgIpc) is 2.52. The highest BCUT2D eigenvalue weighted by Gasteiger charge is 2.34. The summed E-state index contributed by atoms with van der Waals surface area (Å²) in [5, 5.41) is 18.6. The van der Waals surface area contributed by atoms with Gasteiger partial charge in [0.25, 0.3) is 0 Å². The van der Waals surface area contributed by atoms with Crippen LogP contribution in [0.1, 0.15) is 0 Å². The normalized spacial score (nSPS) is 15.5. The van der Waals surface area contributed by atoms with Crippen LogP contribution in [0, 0.1) is 5.21 Å². The van der Waals surface area contributed by atoms with E-state index in [1.54, 1.807) is 12.3 Å². The molecule has 2 heterocycles. The second kappa shape index (κ2) is 7.14. The molecule has 1 aromatic heterocycles. The van der Waals surface area contributed by atoms with Gasteiger partial charge in [-0.05, 0) is 34.1 Å². The van der Waals surface area contributed by atoms with Crippen molar-refractivity contribution in [1.29, 1.82) is 0 Å². The third kappa shape index (κ3) is 4.01. The Morgan fingerprint density at radius 2 is 2.00 bits per heavy atom. The zero-order valence-electron chi connectivity index (χ0n) is 12.4. The first-order valence-corrected chi connectivity index (χ1v) is 7.89. The average molecular weight is 396 g/mol. The van der Waals surface area contributed by atoms with Gasteiger partial charge in [0.15, 0.2) is 5.69 Å². The number of ether oxygens (including phenoxy) is 2. The molecule has 1 atom stereocenters. The van der Waals surface area contributed by atoms with Crippen molar-refractivity contribution < 1.29 is 24.7 Å². The lowest BCUT2D eigenvalue weighted by Crippen LogP contribution is -2.99. The van der Waals surface area contributed by atoms with Crippen LogP contribution in [0.5, 0.6) is 11.6 Å². The van der Waals surface area contributed by atoms with Crippen LogP contribution in [-0.4, -0.2) is 40.4 Å². The molecule has 1 amide bonds. The minimum Gasteiger partial charge on any atom is -0.595 e. The van der Waals surface area contributed by atoms with Crippen LogP contribution < -0.4 is 14.7 Å². The Morgan fingerprint density at radius 3 is 2.58 bits per heavy atom. The molecule has 1 aromatic carbocycles. The van der Waals surface area contributed by atoms with Crippen LogP contribution in [0.15, 0.2) is 47.1 Å². The number of nitrogens with one attached hydrogen (secondary N) is 1. The Bertz CT molecular complexity index is 702. The van der Waals surface area contributed by atoms with Gasteiger partial charge >= 0.3 is 6.09 Å². The number of pyridine rings is 1. The third-order valence-electron chi connectivity index (χ3n) is 3.40. The van der Waals surface area contributed by atoms with Crippen LogP contribution in [-0.2, 0) is 0 Å². The highest BCUT2D eigenvalue weighted by atomic mass is 79.9. The number of quaternary nitrogens is 1. The van der Waals surface area contributed by atoms with Crippen molar-refractivity contribution in [2.45, 2.75) is 6.10 Å². The summed E-state index contributed by atoms with van der Waals surface area (Å²) >= 11 is 3.30. The second-order valence-corrected chi connectivity index (χ2v) is 6.07. The molecule has 1 fully saturated rings. The molecule has 1 unspecified atom stereocenters. The summed E-state index contributed by atoms with van der Waals surface area (Å²) in [6, 6.07) is 9.23. The van der Waals surface area contributed by atoms with E-state index in [9.17, 15) is 10.0 Å². The number of amides is 1. The van der Waals surface area contributed by atoms with Crippen molar-refractivity contribution in [3.8, 4) is 11.6 Å². The van der Waals surface area contributed by atoms with Crippen LogP contribution in [0.3, 0.4) is 0 Å². The standard InChI is InChI=1S/C15H14BrN3O5/c16-10-1-6-14(17-7-10)23-13-8-18(9-13)15(20)24-12-4-2-11(3-5-12)19(21)22/h1-7,13,19,21H,8-9H2. The first kappa shape index (κ1) is 16.7. The Morgan fingerprint density at radius 1 is 1.29 bits per heavy atom. The topological polar surface area (TPSA) is 99.4 Å². The smallest absolute Gasteiger partial charge is 0.415 e. The van der Waals surface area contributed by atoms with Crippen LogP contribution in [0.25, 0.3) is 0 Å². The number of hydrogen-bond donors (Lipinski definition) is 2. The molecule has 0 saturated carbocycles. The Hall–Kier alpha value is -2.20. The van der Waals surface area contributed by atoms with Crippen LogP contribution >= 0.6 is 15.9 Å². The molecule has 0 radical (unpaired) electrons. The number of rotatable bonds is 4. The lowest BCUT2D eigenvalue weighted by molar-refractivity contribution is -0.991. The van der Waals surface area contributed by atoms with Crippen molar-refractivity contribution in [1.82, 2.24) is 9.88 Å². The molecule has 1 aliphatic heterocycles. The van der Waals surface area contributed by atoms with Gasteiger partial charge in [-0.15, -0.1) is 0 Å². The Labute approximate surface area is 145 Å². The fourth-order valence-electron chi connectivity index (χ4n) is 2.10. The summed E-state index contributed by atoms with van der Waals surface area (Å²) in [6.07, 6.45) is 1.02. The zero-order valence-corrected chi connectivity index (χ0v) is 14.0. The highest BCUT2D eigenvalue weighted by Crippen LogP contribution is 2.20. The van der Waals surface area contributed by atoms with E-state index in [2.05, 4.69) is 20.9 Å². The Balaban J connectivity index is 1.47. The van der Waals surface area contributed by atoms with Crippen LogP contribution in [0.4, 0.5) is 10.5 Å². The summed E-state index contributed by atoms with van der Waals surface area (Å²) in [5.41, 5.74) is 0.134. The molecule has 2 N–H and O–H groups in total. The monoisotopic (exact) mass is 395 g/mol. The van der Waals surface area contributed by atoms with Gasteiger partial charge < -0.3 is 19.6 Å². The van der Waals surface area contributed by atoms with Gasteiger partial charge in [0.2, 0.25) is 5.88 Å². The molecule has 126 valence electrons. The largest absolute Gasteiger partial charge is 0.595 e. The SMILES string of the molecule is O=C(Oc1ccc([NH+]([O-])O)cc1)N1CC(Oc2ccc(Br)cn2)C1. The van der Waals surface area contributed by atoms with Crippen molar-refractivity contribution >= 4 is 27.7 Å². The predicted octanol–water partition coefficient (Wildman–Crippen LogP) is 1.51. The number of benzene rings is 1. The molecule has 0 bridgehead atoms. The van der Waals surface area contributed by atoms with Crippen molar-refractivity contribution in [2.24, 2.45) is 0 Å². The van der Waals surface area contributed by atoms with Crippen LogP contribution in [0.2, 0.25) is 0 Å². The van der Waals surface area contributed by atoms with Gasteiger partial charge in [0.1, 0.15) is 11.9 Å². The molecule has 24 heavy (non-hydrogen) atoms. The molecule has 3 rings (SSSR count). The molecule has 1 saturated heterocycles. The number of carbonyl (C=O) groups excluding carboxylic acids is 1. The number of nitrogens with zero attached hydrogens (tertiary/aromatic N) is 2. The van der Waals surface area contributed by atoms with E-state index in [1.165, 1.54) is 29.2 Å². The molecular weight excluding hydrogens is 382 g/mol. The number of hydrogen-bond acceptors (Lipinski definition) is 6. The van der Waals surface area contributed by atoms with Gasteiger partial charge in [-0.25, -0.2) is 15.0 Å². The third-order valence-corrected chi connectivity index (χ3v) is 3.87. The summed E-state index contributed by atoms with van der Waals surface area (Å²) in [6.45, 7) is 0.813. The lowest BCUT2D eigenvalue weighted by Gasteiger charge is -2.37. The maximum Gasteiger partial charge on any atom is 0.415 e. The Kier molecular flexibility index (Phi) is 4.95. The molecule has 9 heteroatoms. The maximum atomic E-state index is 12.0. The minimum absolute atomic E-state index is 0.124. The minimum atomic E-state index is -1.03. The molecule has 0 aliphatic carbocycles. The van der Waals surface area contributed by atoms with Crippen molar-refractivity contribution in [3.63, 3.8) is 0 Å². The first-order valence-electron chi connectivity index (χ1n) is 7.09. The molecule has 8 nitrogen and oxygen atoms in total. The summed E-state index contributed by atoms with van der Waals surface area (Å²) in [5.74, 6) is 0.796. The summed E-state index contributed by atoms with van der Waals surface area (Å²) in [4.78, 5) is 17.6. The summed E-state index contributed by atoms with van der Waals surface area (Å²) < 4.78 is 11.7.